The van der Waals surface area contributed by atoms with Crippen molar-refractivity contribution in [3.05, 3.63) is 11.6 Å². The van der Waals surface area contributed by atoms with Crippen LogP contribution in [0.5, 0.6) is 0 Å². The topological polar surface area (TPSA) is 54.4 Å². The number of fused-ring (bicyclic) bond motifs is 5. The zero-order chi connectivity index (χ0) is 17.1. The SMILES string of the molecule is C[C@]12CC/C(=C\C(=O)O)C[C@H]1CC[C@@H]1[C@@H]2CC[C@]2(C)C(=O)CC[C@@H]12. The van der Waals surface area contributed by atoms with Crippen LogP contribution in [-0.4, -0.2) is 16.9 Å². The normalized spacial score (nSPS) is 49.4. The van der Waals surface area contributed by atoms with Gasteiger partial charge in [0, 0.05) is 17.9 Å². The van der Waals surface area contributed by atoms with Crippen LogP contribution < -0.4 is 0 Å². The highest BCUT2D eigenvalue weighted by atomic mass is 16.4. The summed E-state index contributed by atoms with van der Waals surface area (Å²) < 4.78 is 0. The molecule has 0 aromatic rings. The van der Waals surface area contributed by atoms with Gasteiger partial charge in [0.05, 0.1) is 0 Å². The van der Waals surface area contributed by atoms with Gasteiger partial charge in [0.2, 0.25) is 0 Å². The Morgan fingerprint density at radius 2 is 1.88 bits per heavy atom. The van der Waals surface area contributed by atoms with Crippen molar-refractivity contribution in [2.45, 2.75) is 71.6 Å². The van der Waals surface area contributed by atoms with E-state index in [1.54, 1.807) is 0 Å². The molecular formula is C21H30O3. The van der Waals surface area contributed by atoms with E-state index in [1.165, 1.54) is 25.3 Å². The third kappa shape index (κ3) is 2.23. The molecule has 6 atom stereocenters. The first-order valence-corrected chi connectivity index (χ1v) is 9.80. The first-order valence-electron chi connectivity index (χ1n) is 9.80. The lowest BCUT2D eigenvalue weighted by atomic mass is 9.45. The summed E-state index contributed by atoms with van der Waals surface area (Å²) in [6, 6.07) is 0. The second-order valence-electron chi connectivity index (χ2n) is 9.42. The number of hydrogen-bond donors (Lipinski definition) is 1. The van der Waals surface area contributed by atoms with Crippen molar-refractivity contribution < 1.29 is 14.7 Å². The second kappa shape index (κ2) is 5.44. The summed E-state index contributed by atoms with van der Waals surface area (Å²) in [5.74, 6) is 2.44. The highest BCUT2D eigenvalue weighted by molar-refractivity contribution is 5.87. The molecule has 0 unspecified atom stereocenters. The van der Waals surface area contributed by atoms with E-state index in [2.05, 4.69) is 13.8 Å². The number of ketones is 1. The van der Waals surface area contributed by atoms with Gasteiger partial charge in [-0.1, -0.05) is 19.4 Å². The molecule has 4 rings (SSSR count). The maximum atomic E-state index is 12.4. The van der Waals surface area contributed by atoms with Gasteiger partial charge in [0.15, 0.2) is 0 Å². The molecule has 0 amide bonds. The monoisotopic (exact) mass is 330 g/mol. The van der Waals surface area contributed by atoms with Crippen LogP contribution >= 0.6 is 0 Å². The summed E-state index contributed by atoms with van der Waals surface area (Å²) in [7, 11) is 0. The van der Waals surface area contributed by atoms with Gasteiger partial charge >= 0.3 is 5.97 Å². The number of aliphatic carboxylic acids is 1. The van der Waals surface area contributed by atoms with Crippen molar-refractivity contribution in [2.75, 3.05) is 0 Å². The predicted molar refractivity (Wildman–Crippen MR) is 92.5 cm³/mol. The summed E-state index contributed by atoms with van der Waals surface area (Å²) in [6.07, 6.45) is 11.2. The Balaban J connectivity index is 1.59. The van der Waals surface area contributed by atoms with Crippen LogP contribution in [0.1, 0.15) is 71.6 Å². The molecule has 4 aliphatic carbocycles. The van der Waals surface area contributed by atoms with Crippen molar-refractivity contribution in [1.82, 2.24) is 0 Å². The van der Waals surface area contributed by atoms with Gasteiger partial charge in [-0.15, -0.1) is 0 Å². The predicted octanol–water partition coefficient (Wildman–Crippen LogP) is 4.61. The molecule has 0 heterocycles. The average Bonchev–Trinajstić information content (AvgIpc) is 2.83. The van der Waals surface area contributed by atoms with E-state index < -0.39 is 5.97 Å². The fourth-order valence-electron chi connectivity index (χ4n) is 7.18. The van der Waals surface area contributed by atoms with Gasteiger partial charge < -0.3 is 5.11 Å². The average molecular weight is 330 g/mol. The number of carbonyl (C=O) groups is 2. The number of rotatable bonds is 1. The van der Waals surface area contributed by atoms with E-state index >= 15 is 0 Å². The van der Waals surface area contributed by atoms with E-state index in [9.17, 15) is 9.59 Å². The van der Waals surface area contributed by atoms with Gasteiger partial charge in [-0.2, -0.15) is 0 Å². The molecule has 0 aromatic carbocycles. The van der Waals surface area contributed by atoms with E-state index in [4.69, 9.17) is 5.11 Å². The highest BCUT2D eigenvalue weighted by Gasteiger charge is 2.59. The number of carboxylic acid groups (broad SMARTS) is 1. The molecule has 4 fully saturated rings. The molecule has 0 bridgehead atoms. The number of carbonyl (C=O) groups excluding carboxylic acids is 1. The molecule has 3 nitrogen and oxygen atoms in total. The maximum absolute atomic E-state index is 12.4. The smallest absolute Gasteiger partial charge is 0.328 e. The van der Waals surface area contributed by atoms with Crippen molar-refractivity contribution in [1.29, 1.82) is 0 Å². The zero-order valence-corrected chi connectivity index (χ0v) is 15.0. The van der Waals surface area contributed by atoms with Crippen LogP contribution in [0, 0.1) is 34.5 Å². The summed E-state index contributed by atoms with van der Waals surface area (Å²) in [6.45, 7) is 4.72. The fourth-order valence-corrected chi connectivity index (χ4v) is 7.18. The van der Waals surface area contributed by atoms with Gasteiger partial charge in [0.25, 0.3) is 0 Å². The van der Waals surface area contributed by atoms with Gasteiger partial charge in [0.1, 0.15) is 5.78 Å². The fraction of sp³-hybridized carbons (Fsp3) is 0.810. The summed E-state index contributed by atoms with van der Waals surface area (Å²) in [5, 5.41) is 9.06. The minimum atomic E-state index is -0.791. The molecule has 0 aliphatic heterocycles. The lowest BCUT2D eigenvalue weighted by Crippen LogP contribution is -2.53. The number of Topliss-reactive ketones (excluding diaryl/α,β-unsaturated/α-hetero) is 1. The highest BCUT2D eigenvalue weighted by Crippen LogP contribution is 2.65. The van der Waals surface area contributed by atoms with Crippen LogP contribution in [0.2, 0.25) is 0 Å². The van der Waals surface area contributed by atoms with Gasteiger partial charge in [-0.05, 0) is 80.5 Å². The number of hydrogen-bond acceptors (Lipinski definition) is 2. The Hall–Kier alpha value is -1.12. The maximum Gasteiger partial charge on any atom is 0.328 e. The third-order valence-corrected chi connectivity index (χ3v) is 8.60. The zero-order valence-electron chi connectivity index (χ0n) is 15.0. The third-order valence-electron chi connectivity index (χ3n) is 8.60. The molecule has 3 heteroatoms. The first kappa shape index (κ1) is 16.4. The summed E-state index contributed by atoms with van der Waals surface area (Å²) in [5.41, 5.74) is 1.46. The quantitative estimate of drug-likeness (QED) is 0.714. The lowest BCUT2D eigenvalue weighted by Gasteiger charge is -2.59. The molecule has 132 valence electrons. The minimum Gasteiger partial charge on any atom is -0.478 e. The summed E-state index contributed by atoms with van der Waals surface area (Å²) in [4.78, 5) is 23.5. The van der Waals surface area contributed by atoms with Gasteiger partial charge in [-0.25, -0.2) is 4.79 Å². The molecule has 0 spiro atoms. The van der Waals surface area contributed by atoms with E-state index in [1.807, 2.05) is 0 Å². The van der Waals surface area contributed by atoms with Gasteiger partial charge in [-0.3, -0.25) is 4.79 Å². The van der Waals surface area contributed by atoms with Crippen molar-refractivity contribution in [3.63, 3.8) is 0 Å². The number of carboxylic acids is 1. The van der Waals surface area contributed by atoms with Crippen LogP contribution in [0.3, 0.4) is 0 Å². The molecule has 4 aliphatic rings. The van der Waals surface area contributed by atoms with Crippen molar-refractivity contribution in [2.24, 2.45) is 34.5 Å². The molecule has 0 aromatic heterocycles. The Labute approximate surface area is 144 Å². The Bertz CT molecular complexity index is 606. The Morgan fingerprint density at radius 3 is 2.62 bits per heavy atom. The molecule has 4 saturated carbocycles. The Kier molecular flexibility index (Phi) is 3.71. The Morgan fingerprint density at radius 1 is 1.08 bits per heavy atom. The number of allylic oxidation sites excluding steroid dienone is 1. The molecule has 0 saturated heterocycles. The van der Waals surface area contributed by atoms with Crippen LogP contribution in [0.15, 0.2) is 11.6 Å². The molecule has 1 N–H and O–H groups in total. The van der Waals surface area contributed by atoms with E-state index in [-0.39, 0.29) is 5.41 Å². The van der Waals surface area contributed by atoms with Crippen LogP contribution in [0.4, 0.5) is 0 Å². The summed E-state index contributed by atoms with van der Waals surface area (Å²) >= 11 is 0. The lowest BCUT2D eigenvalue weighted by molar-refractivity contribution is -0.137. The van der Waals surface area contributed by atoms with Crippen molar-refractivity contribution in [3.8, 4) is 0 Å². The first-order chi connectivity index (χ1) is 11.3. The van der Waals surface area contributed by atoms with Crippen LogP contribution in [-0.2, 0) is 9.59 Å². The minimum absolute atomic E-state index is 0.0343. The van der Waals surface area contributed by atoms with E-state index in [0.29, 0.717) is 23.0 Å². The second-order valence-corrected chi connectivity index (χ2v) is 9.42. The molecular weight excluding hydrogens is 300 g/mol. The largest absolute Gasteiger partial charge is 0.478 e. The van der Waals surface area contributed by atoms with Crippen molar-refractivity contribution >= 4 is 11.8 Å². The van der Waals surface area contributed by atoms with Crippen LogP contribution in [0.25, 0.3) is 0 Å². The van der Waals surface area contributed by atoms with E-state index in [0.717, 1.165) is 55.9 Å². The molecule has 24 heavy (non-hydrogen) atoms. The molecule has 0 radical (unpaired) electrons. The standard InChI is InChI=1S/C21H30O3/c1-20-9-7-13(12-19(23)24)11-14(20)3-4-15-16-5-6-18(22)21(16,2)10-8-17(15)20/h12,14-17H,3-11H2,1-2H3,(H,23,24)/b13-12+/t14-,15+,16+,17+,20+,21+/m1/s1.